The van der Waals surface area contributed by atoms with E-state index in [-0.39, 0.29) is 24.0 Å². The lowest BCUT2D eigenvalue weighted by atomic mass is 10.4. The summed E-state index contributed by atoms with van der Waals surface area (Å²) >= 11 is 1.73. The number of halogens is 1. The molecule has 0 aromatic carbocycles. The Morgan fingerprint density at radius 3 is 2.67 bits per heavy atom. The summed E-state index contributed by atoms with van der Waals surface area (Å²) in [5.41, 5.74) is 0. The van der Waals surface area contributed by atoms with Crippen molar-refractivity contribution in [2.24, 2.45) is 12.0 Å². The number of aromatic nitrogens is 4. The predicted octanol–water partition coefficient (Wildman–Crippen LogP) is 2.21. The highest BCUT2D eigenvalue weighted by atomic mass is 127. The highest BCUT2D eigenvalue weighted by molar-refractivity contribution is 14.0. The van der Waals surface area contributed by atoms with Gasteiger partial charge in [-0.15, -0.1) is 45.5 Å². The van der Waals surface area contributed by atoms with Crippen LogP contribution in [-0.2, 0) is 24.8 Å². The van der Waals surface area contributed by atoms with Crippen LogP contribution in [0.15, 0.2) is 11.2 Å². The predicted molar refractivity (Wildman–Crippen MR) is 120 cm³/mol. The molecule has 8 nitrogen and oxygen atoms in total. The van der Waals surface area contributed by atoms with E-state index < -0.39 is 0 Å². The van der Waals surface area contributed by atoms with Crippen LogP contribution in [0.4, 0.5) is 0 Å². The molecule has 0 unspecified atom stereocenters. The second-order valence-corrected chi connectivity index (χ2v) is 7.23. The fourth-order valence-corrected chi connectivity index (χ4v) is 3.03. The number of nitrogens with one attached hydrogen (secondary N) is 2. The Kier molecular flexibility index (Phi) is 11.4. The average molecular weight is 507 g/mol. The summed E-state index contributed by atoms with van der Waals surface area (Å²) < 4.78 is 7.33. The van der Waals surface area contributed by atoms with Crippen molar-refractivity contribution in [3.8, 4) is 0 Å². The van der Waals surface area contributed by atoms with Crippen molar-refractivity contribution >= 4 is 41.3 Å². The second-order valence-electron chi connectivity index (χ2n) is 5.91. The van der Waals surface area contributed by atoms with E-state index in [9.17, 15) is 0 Å². The van der Waals surface area contributed by atoms with E-state index in [0.717, 1.165) is 61.8 Å². The second kappa shape index (κ2) is 13.0. The molecule has 0 aliphatic rings. The molecule has 0 amide bonds. The van der Waals surface area contributed by atoms with Crippen molar-refractivity contribution in [2.45, 2.75) is 40.2 Å². The van der Waals surface area contributed by atoms with Crippen LogP contribution >= 0.6 is 35.3 Å². The van der Waals surface area contributed by atoms with Crippen LogP contribution in [0.5, 0.6) is 0 Å². The zero-order chi connectivity index (χ0) is 18.8. The SMILES string of the molecule is CCOCCCNC(=NCc1nnc(C)n1C)NCCc1ncc(C)s1.I. The molecule has 0 atom stereocenters. The molecule has 27 heavy (non-hydrogen) atoms. The fourth-order valence-electron chi connectivity index (χ4n) is 2.24. The Morgan fingerprint density at radius 1 is 1.26 bits per heavy atom. The van der Waals surface area contributed by atoms with Crippen LogP contribution in [0.25, 0.3) is 0 Å². The van der Waals surface area contributed by atoms with Gasteiger partial charge in [-0.25, -0.2) is 9.98 Å². The molecule has 0 aliphatic heterocycles. The molecule has 0 spiro atoms. The summed E-state index contributed by atoms with van der Waals surface area (Å²) in [6, 6.07) is 0. The number of aryl methyl sites for hydroxylation is 2. The normalized spacial score (nSPS) is 11.3. The summed E-state index contributed by atoms with van der Waals surface area (Å²) in [6.45, 7) is 9.57. The number of aliphatic imine (C=N–C) groups is 1. The Balaban J connectivity index is 0.00000364. The number of rotatable bonds is 10. The van der Waals surface area contributed by atoms with Crippen molar-refractivity contribution in [2.75, 3.05) is 26.3 Å². The van der Waals surface area contributed by atoms with E-state index in [1.54, 1.807) is 11.3 Å². The lowest BCUT2D eigenvalue weighted by molar-refractivity contribution is 0.145. The smallest absolute Gasteiger partial charge is 0.191 e. The largest absolute Gasteiger partial charge is 0.382 e. The molecular weight excluding hydrogens is 477 g/mol. The molecule has 0 fully saturated rings. The molecule has 152 valence electrons. The zero-order valence-electron chi connectivity index (χ0n) is 16.5. The van der Waals surface area contributed by atoms with Crippen LogP contribution in [0.2, 0.25) is 0 Å². The minimum atomic E-state index is 0. The van der Waals surface area contributed by atoms with Gasteiger partial charge in [0, 0.05) is 50.8 Å². The van der Waals surface area contributed by atoms with Gasteiger partial charge in [0.05, 0.1) is 5.01 Å². The van der Waals surface area contributed by atoms with Gasteiger partial charge < -0.3 is 19.9 Å². The average Bonchev–Trinajstić information content (AvgIpc) is 3.18. The van der Waals surface area contributed by atoms with E-state index in [0.29, 0.717) is 6.54 Å². The molecule has 2 aromatic rings. The van der Waals surface area contributed by atoms with Gasteiger partial charge in [0.1, 0.15) is 12.4 Å². The van der Waals surface area contributed by atoms with Gasteiger partial charge in [0.25, 0.3) is 0 Å². The first-order valence-electron chi connectivity index (χ1n) is 8.96. The van der Waals surface area contributed by atoms with E-state index in [2.05, 4.69) is 37.7 Å². The van der Waals surface area contributed by atoms with Gasteiger partial charge in [-0.1, -0.05) is 0 Å². The topological polar surface area (TPSA) is 89.2 Å². The minimum Gasteiger partial charge on any atom is -0.382 e. The monoisotopic (exact) mass is 507 g/mol. The molecule has 0 radical (unpaired) electrons. The molecule has 0 saturated heterocycles. The van der Waals surface area contributed by atoms with Gasteiger partial charge in [-0.05, 0) is 27.2 Å². The first-order valence-corrected chi connectivity index (χ1v) is 9.78. The third-order valence-corrected chi connectivity index (χ3v) is 4.80. The maximum atomic E-state index is 5.38. The standard InChI is InChI=1S/C17H29N7OS.HI/c1-5-25-10-6-8-18-17(19-9-7-16-20-11-13(2)26-16)21-12-15-23-22-14(3)24(15)4;/h11H,5-10,12H2,1-4H3,(H2,18,19,21);1H. The summed E-state index contributed by atoms with van der Waals surface area (Å²) in [5.74, 6) is 2.50. The summed E-state index contributed by atoms with van der Waals surface area (Å²) in [4.78, 5) is 10.3. The number of guanidine groups is 1. The first-order chi connectivity index (χ1) is 12.6. The molecule has 0 saturated carbocycles. The van der Waals surface area contributed by atoms with Gasteiger partial charge in [0.2, 0.25) is 0 Å². The van der Waals surface area contributed by atoms with Crippen LogP contribution in [0, 0.1) is 13.8 Å². The molecule has 2 N–H and O–H groups in total. The third-order valence-electron chi connectivity index (χ3n) is 3.82. The van der Waals surface area contributed by atoms with Crippen molar-refractivity contribution in [3.63, 3.8) is 0 Å². The van der Waals surface area contributed by atoms with E-state index in [1.165, 1.54) is 4.88 Å². The van der Waals surface area contributed by atoms with Crippen molar-refractivity contribution in [3.05, 3.63) is 27.7 Å². The zero-order valence-corrected chi connectivity index (χ0v) is 19.6. The van der Waals surface area contributed by atoms with E-state index >= 15 is 0 Å². The Bertz CT molecular complexity index is 701. The summed E-state index contributed by atoms with van der Waals surface area (Å²) in [5, 5.41) is 16.1. The molecular formula is C17H30IN7OS. The number of thiazole rings is 1. The highest BCUT2D eigenvalue weighted by Gasteiger charge is 2.06. The first kappa shape index (κ1) is 23.8. The van der Waals surface area contributed by atoms with Crippen molar-refractivity contribution in [1.29, 1.82) is 0 Å². The number of nitrogens with zero attached hydrogens (tertiary/aromatic N) is 5. The number of hydrogen-bond acceptors (Lipinski definition) is 6. The quantitative estimate of drug-likeness (QED) is 0.222. The van der Waals surface area contributed by atoms with Gasteiger partial charge >= 0.3 is 0 Å². The van der Waals surface area contributed by atoms with Gasteiger partial charge in [0.15, 0.2) is 11.8 Å². The number of hydrogen-bond donors (Lipinski definition) is 2. The van der Waals surface area contributed by atoms with Crippen LogP contribution in [0.3, 0.4) is 0 Å². The fraction of sp³-hybridized carbons (Fsp3) is 0.647. The van der Waals surface area contributed by atoms with Gasteiger partial charge in [-0.3, -0.25) is 0 Å². The van der Waals surface area contributed by atoms with Gasteiger partial charge in [-0.2, -0.15) is 0 Å². The minimum absolute atomic E-state index is 0. The third kappa shape index (κ3) is 8.52. The lowest BCUT2D eigenvalue weighted by Gasteiger charge is -2.12. The summed E-state index contributed by atoms with van der Waals surface area (Å²) in [7, 11) is 1.95. The number of ether oxygens (including phenoxy) is 1. The molecule has 2 aromatic heterocycles. The molecule has 2 rings (SSSR count). The maximum absolute atomic E-state index is 5.38. The van der Waals surface area contributed by atoms with Crippen LogP contribution in [0.1, 0.15) is 34.9 Å². The Morgan fingerprint density at radius 2 is 2.04 bits per heavy atom. The molecule has 10 heteroatoms. The summed E-state index contributed by atoms with van der Waals surface area (Å²) in [6.07, 6.45) is 3.72. The van der Waals surface area contributed by atoms with Crippen molar-refractivity contribution < 1.29 is 4.74 Å². The van der Waals surface area contributed by atoms with E-state index in [1.807, 2.05) is 31.7 Å². The molecule has 0 aliphatic carbocycles. The van der Waals surface area contributed by atoms with Crippen molar-refractivity contribution in [1.82, 2.24) is 30.4 Å². The molecule has 0 bridgehead atoms. The van der Waals surface area contributed by atoms with Crippen LogP contribution < -0.4 is 10.6 Å². The Hall–Kier alpha value is -1.27. The molecule has 2 heterocycles. The Labute approximate surface area is 182 Å². The van der Waals surface area contributed by atoms with Crippen LogP contribution in [-0.4, -0.2) is 52.0 Å². The highest BCUT2D eigenvalue weighted by Crippen LogP contribution is 2.10. The lowest BCUT2D eigenvalue weighted by Crippen LogP contribution is -2.39. The van der Waals surface area contributed by atoms with E-state index in [4.69, 9.17) is 4.74 Å². The maximum Gasteiger partial charge on any atom is 0.191 e.